The second kappa shape index (κ2) is 6.23. The Morgan fingerprint density at radius 2 is 1.74 bits per heavy atom. The van der Waals surface area contributed by atoms with E-state index in [4.69, 9.17) is 9.40 Å². The third-order valence-electron chi connectivity index (χ3n) is 6.29. The third kappa shape index (κ3) is 2.66. The number of pyridine rings is 1. The molecule has 0 N–H and O–H groups in total. The molecule has 0 saturated heterocycles. The Bertz CT molecular complexity index is 1160. The molecule has 0 atom stereocenters. The van der Waals surface area contributed by atoms with Crippen LogP contribution in [0.3, 0.4) is 0 Å². The van der Waals surface area contributed by atoms with E-state index in [1.807, 2.05) is 13.1 Å². The first-order valence-electron chi connectivity index (χ1n) is 10.0. The number of aromatic nitrogens is 1. The summed E-state index contributed by atoms with van der Waals surface area (Å²) in [6.45, 7) is 6.32. The average Bonchev–Trinajstić information content (AvgIpc) is 3.30. The molecule has 0 aliphatic heterocycles. The first-order valence-corrected chi connectivity index (χ1v) is 10.0. The highest BCUT2D eigenvalue weighted by molar-refractivity contribution is 6.03. The number of fused-ring (bicyclic) bond motifs is 2. The van der Waals surface area contributed by atoms with Gasteiger partial charge in [0, 0.05) is 22.5 Å². The number of rotatable bonds is 2. The predicted octanol–water partition coefficient (Wildman–Crippen LogP) is 7.23. The van der Waals surface area contributed by atoms with Gasteiger partial charge in [0.2, 0.25) is 0 Å². The Balaban J connectivity index is 1.74. The van der Waals surface area contributed by atoms with Crippen molar-refractivity contribution in [2.24, 2.45) is 0 Å². The van der Waals surface area contributed by atoms with Crippen LogP contribution in [0.1, 0.15) is 54.1 Å². The SMILES string of the molecule is Cc1cc(-c2nccc3cc(C4CCCC4)ccc23)c2oc(C)c(C)c2c1. The van der Waals surface area contributed by atoms with Gasteiger partial charge in [0.05, 0.1) is 5.69 Å². The zero-order valence-corrected chi connectivity index (χ0v) is 16.3. The lowest BCUT2D eigenvalue weighted by molar-refractivity contribution is 0.576. The molecule has 0 radical (unpaired) electrons. The average molecular weight is 355 g/mol. The lowest BCUT2D eigenvalue weighted by atomic mass is 9.93. The molecule has 1 fully saturated rings. The summed E-state index contributed by atoms with van der Waals surface area (Å²) in [5.74, 6) is 1.72. The van der Waals surface area contributed by atoms with Gasteiger partial charge in [0.25, 0.3) is 0 Å². The van der Waals surface area contributed by atoms with E-state index in [1.54, 1.807) is 0 Å². The maximum atomic E-state index is 6.15. The lowest BCUT2D eigenvalue weighted by Crippen LogP contribution is -1.93. The molecule has 2 heterocycles. The van der Waals surface area contributed by atoms with Crippen LogP contribution >= 0.6 is 0 Å². The van der Waals surface area contributed by atoms with Crippen molar-refractivity contribution >= 4 is 21.7 Å². The van der Waals surface area contributed by atoms with Crippen LogP contribution in [0, 0.1) is 20.8 Å². The number of benzene rings is 2. The first-order chi connectivity index (χ1) is 13.1. The summed E-state index contributed by atoms with van der Waals surface area (Å²) >= 11 is 0. The molecule has 5 rings (SSSR count). The highest BCUT2D eigenvalue weighted by Crippen LogP contribution is 2.39. The van der Waals surface area contributed by atoms with Crippen molar-refractivity contribution in [2.75, 3.05) is 0 Å². The van der Waals surface area contributed by atoms with Gasteiger partial charge < -0.3 is 4.42 Å². The van der Waals surface area contributed by atoms with E-state index in [1.165, 1.54) is 58.5 Å². The minimum absolute atomic E-state index is 0.729. The van der Waals surface area contributed by atoms with Gasteiger partial charge in [-0.2, -0.15) is 0 Å². The summed E-state index contributed by atoms with van der Waals surface area (Å²) in [6.07, 6.45) is 7.32. The number of hydrogen-bond acceptors (Lipinski definition) is 2. The molecule has 1 aliphatic rings. The monoisotopic (exact) mass is 355 g/mol. The Hall–Kier alpha value is -2.61. The molecule has 1 aliphatic carbocycles. The number of aryl methyl sites for hydroxylation is 3. The predicted molar refractivity (Wildman–Crippen MR) is 112 cm³/mol. The number of nitrogens with zero attached hydrogens (tertiary/aromatic N) is 1. The van der Waals surface area contributed by atoms with Crippen molar-refractivity contribution in [2.45, 2.75) is 52.4 Å². The van der Waals surface area contributed by atoms with Crippen LogP contribution in [0.25, 0.3) is 33.0 Å². The van der Waals surface area contributed by atoms with Crippen molar-refractivity contribution in [3.8, 4) is 11.3 Å². The Labute approximate surface area is 160 Å². The fraction of sp³-hybridized carbons (Fsp3) is 0.320. The van der Waals surface area contributed by atoms with E-state index in [2.05, 4.69) is 50.2 Å². The molecule has 0 bridgehead atoms. The lowest BCUT2D eigenvalue weighted by Gasteiger charge is -2.13. The van der Waals surface area contributed by atoms with Crippen LogP contribution in [0.2, 0.25) is 0 Å². The molecule has 136 valence electrons. The van der Waals surface area contributed by atoms with Crippen LogP contribution in [-0.4, -0.2) is 4.98 Å². The van der Waals surface area contributed by atoms with E-state index in [0.29, 0.717) is 0 Å². The summed E-state index contributed by atoms with van der Waals surface area (Å²) in [6, 6.07) is 13.5. The number of furan rings is 1. The van der Waals surface area contributed by atoms with Gasteiger partial charge in [-0.15, -0.1) is 0 Å². The minimum atomic E-state index is 0.729. The second-order valence-electron chi connectivity index (χ2n) is 8.09. The fourth-order valence-corrected chi connectivity index (χ4v) is 4.68. The summed E-state index contributed by atoms with van der Waals surface area (Å²) in [7, 11) is 0. The normalized spacial score (nSPS) is 15.2. The van der Waals surface area contributed by atoms with Gasteiger partial charge in [-0.25, -0.2) is 0 Å². The molecule has 0 spiro atoms. The number of hydrogen-bond donors (Lipinski definition) is 0. The highest BCUT2D eigenvalue weighted by Gasteiger charge is 2.19. The topological polar surface area (TPSA) is 26.0 Å². The Morgan fingerprint density at radius 1 is 0.926 bits per heavy atom. The van der Waals surface area contributed by atoms with Crippen LogP contribution in [0.4, 0.5) is 0 Å². The van der Waals surface area contributed by atoms with E-state index in [9.17, 15) is 0 Å². The van der Waals surface area contributed by atoms with Gasteiger partial charge in [-0.1, -0.05) is 31.0 Å². The molecule has 2 aromatic carbocycles. The molecule has 2 aromatic heterocycles. The standard InChI is InChI=1S/C25H25NO/c1-15-12-22-16(2)17(3)27-25(22)23(13-15)24-21-9-8-19(18-6-4-5-7-18)14-20(21)10-11-26-24/h8-14,18H,4-7H2,1-3H3. The largest absolute Gasteiger partial charge is 0.460 e. The second-order valence-corrected chi connectivity index (χ2v) is 8.09. The third-order valence-corrected chi connectivity index (χ3v) is 6.29. The van der Waals surface area contributed by atoms with Gasteiger partial charge in [0.15, 0.2) is 0 Å². The minimum Gasteiger partial charge on any atom is -0.460 e. The van der Waals surface area contributed by atoms with E-state index < -0.39 is 0 Å². The summed E-state index contributed by atoms with van der Waals surface area (Å²) in [5.41, 5.74) is 7.02. The summed E-state index contributed by atoms with van der Waals surface area (Å²) in [5, 5.41) is 3.68. The fourth-order valence-electron chi connectivity index (χ4n) is 4.68. The van der Waals surface area contributed by atoms with Gasteiger partial charge >= 0.3 is 0 Å². The van der Waals surface area contributed by atoms with Crippen LogP contribution < -0.4 is 0 Å². The van der Waals surface area contributed by atoms with Crippen LogP contribution in [0.5, 0.6) is 0 Å². The first kappa shape index (κ1) is 16.6. The molecule has 1 saturated carbocycles. The molecule has 2 nitrogen and oxygen atoms in total. The van der Waals surface area contributed by atoms with E-state index in [-0.39, 0.29) is 0 Å². The zero-order valence-electron chi connectivity index (χ0n) is 16.3. The molecular formula is C25H25NO. The molecule has 0 unspecified atom stereocenters. The maximum absolute atomic E-state index is 6.15. The van der Waals surface area contributed by atoms with Crippen molar-refractivity contribution in [3.63, 3.8) is 0 Å². The van der Waals surface area contributed by atoms with Gasteiger partial charge in [0.1, 0.15) is 11.3 Å². The highest BCUT2D eigenvalue weighted by atomic mass is 16.3. The quantitative estimate of drug-likeness (QED) is 0.379. The molecular weight excluding hydrogens is 330 g/mol. The van der Waals surface area contributed by atoms with Gasteiger partial charge in [-0.3, -0.25) is 4.98 Å². The Kier molecular flexibility index (Phi) is 3.82. The van der Waals surface area contributed by atoms with Crippen molar-refractivity contribution < 1.29 is 4.42 Å². The van der Waals surface area contributed by atoms with Crippen LogP contribution in [-0.2, 0) is 0 Å². The van der Waals surface area contributed by atoms with Crippen molar-refractivity contribution in [1.82, 2.24) is 4.98 Å². The summed E-state index contributed by atoms with van der Waals surface area (Å²) in [4.78, 5) is 4.77. The zero-order chi connectivity index (χ0) is 18.5. The maximum Gasteiger partial charge on any atom is 0.143 e. The van der Waals surface area contributed by atoms with E-state index in [0.717, 1.165) is 28.5 Å². The molecule has 2 heteroatoms. The molecule has 0 amide bonds. The van der Waals surface area contributed by atoms with Gasteiger partial charge in [-0.05, 0) is 79.8 Å². The summed E-state index contributed by atoms with van der Waals surface area (Å²) < 4.78 is 6.15. The van der Waals surface area contributed by atoms with Crippen molar-refractivity contribution in [1.29, 1.82) is 0 Å². The smallest absolute Gasteiger partial charge is 0.143 e. The van der Waals surface area contributed by atoms with Crippen LogP contribution in [0.15, 0.2) is 47.0 Å². The molecule has 4 aromatic rings. The Morgan fingerprint density at radius 3 is 2.56 bits per heavy atom. The van der Waals surface area contributed by atoms with Crippen molar-refractivity contribution in [3.05, 3.63) is 65.0 Å². The molecule has 27 heavy (non-hydrogen) atoms. The van der Waals surface area contributed by atoms with E-state index >= 15 is 0 Å².